The number of nitrogens with zero attached hydrogens (tertiary/aromatic N) is 3. The molecule has 5 rings (SSSR count). The second-order valence-electron chi connectivity index (χ2n) is 8.41. The van der Waals surface area contributed by atoms with Crippen molar-refractivity contribution in [2.24, 2.45) is 0 Å². The quantitative estimate of drug-likeness (QED) is 0.216. The summed E-state index contributed by atoms with van der Waals surface area (Å²) in [6.07, 6.45) is -0.562. The zero-order valence-corrected chi connectivity index (χ0v) is 19.6. The Morgan fingerprint density at radius 2 is 1.59 bits per heavy atom. The Morgan fingerprint density at radius 3 is 2.27 bits per heavy atom. The van der Waals surface area contributed by atoms with Crippen molar-refractivity contribution in [3.05, 3.63) is 120 Å². The molecule has 0 saturated carbocycles. The fourth-order valence-electron chi connectivity index (χ4n) is 4.24. The number of halogens is 3. The molecule has 1 amide bonds. The van der Waals surface area contributed by atoms with Crippen molar-refractivity contribution in [3.8, 4) is 5.75 Å². The van der Waals surface area contributed by atoms with E-state index in [1.807, 2.05) is 59.2 Å². The third kappa shape index (κ3) is 5.04. The average molecular weight is 502 g/mol. The highest BCUT2D eigenvalue weighted by Crippen LogP contribution is 2.43. The molecule has 2 heterocycles. The van der Waals surface area contributed by atoms with Crippen LogP contribution in [0.5, 0.6) is 5.75 Å². The van der Waals surface area contributed by atoms with Gasteiger partial charge in [-0.15, -0.1) is 0 Å². The molecule has 3 aromatic carbocycles. The summed E-state index contributed by atoms with van der Waals surface area (Å²) in [6.45, 7) is 0.481. The number of hydrogen-bond donors (Lipinski definition) is 0. The summed E-state index contributed by atoms with van der Waals surface area (Å²) in [4.78, 5) is 18.1. The molecule has 2 aromatic heterocycles. The van der Waals surface area contributed by atoms with E-state index in [-0.39, 0.29) is 13.2 Å². The third-order valence-corrected chi connectivity index (χ3v) is 6.00. The molecule has 5 aromatic rings. The largest absolute Gasteiger partial charge is 0.484 e. The topological polar surface area (TPSA) is 47.4 Å². The Kier molecular flexibility index (Phi) is 6.64. The van der Waals surface area contributed by atoms with Crippen molar-refractivity contribution in [3.63, 3.8) is 0 Å². The maximum Gasteiger partial charge on any atom is 0.416 e. The molecule has 0 saturated heterocycles. The van der Waals surface area contributed by atoms with Crippen LogP contribution >= 0.6 is 0 Å². The van der Waals surface area contributed by atoms with E-state index in [9.17, 15) is 18.0 Å². The summed E-state index contributed by atoms with van der Waals surface area (Å²) < 4.78 is 47.5. The van der Waals surface area contributed by atoms with Crippen molar-refractivity contribution in [1.82, 2.24) is 9.55 Å². The van der Waals surface area contributed by atoms with Gasteiger partial charge in [0.1, 0.15) is 6.61 Å². The minimum atomic E-state index is -4.42. The zero-order chi connectivity index (χ0) is 25.8. The number of hydrogen-bond acceptors (Lipinski definition) is 3. The molecule has 0 N–H and O–H groups in total. The van der Waals surface area contributed by atoms with Crippen LogP contribution in [0.4, 0.5) is 24.7 Å². The number of para-hydroxylation sites is 1. The van der Waals surface area contributed by atoms with E-state index >= 15 is 0 Å². The Morgan fingerprint density at radius 1 is 0.865 bits per heavy atom. The van der Waals surface area contributed by atoms with Gasteiger partial charge in [0.15, 0.2) is 11.6 Å². The molecule has 0 atom stereocenters. The summed E-state index contributed by atoms with van der Waals surface area (Å²) in [5.41, 5.74) is 2.18. The van der Waals surface area contributed by atoms with E-state index in [0.717, 1.165) is 28.6 Å². The normalized spacial score (nSPS) is 11.4. The minimum Gasteiger partial charge on any atom is -0.484 e. The first kappa shape index (κ1) is 24.1. The van der Waals surface area contributed by atoms with Gasteiger partial charge in [-0.05, 0) is 47.5 Å². The predicted octanol–water partition coefficient (Wildman–Crippen LogP) is 6.98. The highest BCUT2D eigenvalue weighted by Gasteiger charge is 2.30. The monoisotopic (exact) mass is 501 g/mol. The molecule has 0 radical (unpaired) electrons. The fraction of sp³-hybridized carbons (Fsp3) is 0.103. The summed E-state index contributed by atoms with van der Waals surface area (Å²) in [5.74, 6) is 0.947. The third-order valence-electron chi connectivity index (χ3n) is 6.00. The van der Waals surface area contributed by atoms with Crippen molar-refractivity contribution >= 4 is 28.8 Å². The van der Waals surface area contributed by atoms with Gasteiger partial charge in [0.2, 0.25) is 6.41 Å². The van der Waals surface area contributed by atoms with Gasteiger partial charge in [-0.25, -0.2) is 0 Å². The lowest BCUT2D eigenvalue weighted by atomic mass is 10.1. The molecule has 0 unspecified atom stereocenters. The SMILES string of the molecule is O=CN(c1cccnc1)c1c(OCc2ccccc2)c2ccccc2n1Cc1ccc(C(F)(F)F)cc1. The van der Waals surface area contributed by atoms with Crippen molar-refractivity contribution < 1.29 is 22.7 Å². The molecular weight excluding hydrogens is 479 g/mol. The van der Waals surface area contributed by atoms with E-state index < -0.39 is 11.7 Å². The molecule has 37 heavy (non-hydrogen) atoms. The number of pyridine rings is 1. The molecule has 0 aliphatic heterocycles. The Balaban J connectivity index is 1.65. The number of aromatic nitrogens is 2. The van der Waals surface area contributed by atoms with Gasteiger partial charge in [0.25, 0.3) is 0 Å². The molecule has 0 aliphatic rings. The van der Waals surface area contributed by atoms with Gasteiger partial charge >= 0.3 is 6.18 Å². The van der Waals surface area contributed by atoms with E-state index in [1.165, 1.54) is 17.0 Å². The van der Waals surface area contributed by atoms with Crippen molar-refractivity contribution in [2.75, 3.05) is 4.90 Å². The molecular formula is C29H22F3N3O2. The Hall–Kier alpha value is -4.59. The predicted molar refractivity (Wildman–Crippen MR) is 136 cm³/mol. The van der Waals surface area contributed by atoms with Crippen LogP contribution in [0.1, 0.15) is 16.7 Å². The van der Waals surface area contributed by atoms with E-state index in [0.29, 0.717) is 29.2 Å². The first-order valence-electron chi connectivity index (χ1n) is 11.5. The smallest absolute Gasteiger partial charge is 0.416 e. The number of carbonyl (C=O) groups excluding carboxylic acids is 1. The van der Waals surface area contributed by atoms with Crippen LogP contribution in [0.25, 0.3) is 10.9 Å². The Labute approximate surface area is 211 Å². The molecule has 0 bridgehead atoms. The highest BCUT2D eigenvalue weighted by atomic mass is 19.4. The molecule has 0 fully saturated rings. The summed E-state index contributed by atoms with van der Waals surface area (Å²) in [7, 11) is 0. The number of alkyl halides is 3. The lowest BCUT2D eigenvalue weighted by molar-refractivity contribution is -0.137. The van der Waals surface area contributed by atoms with Crippen LogP contribution in [-0.4, -0.2) is 16.0 Å². The van der Waals surface area contributed by atoms with Gasteiger partial charge in [0, 0.05) is 18.1 Å². The fourth-order valence-corrected chi connectivity index (χ4v) is 4.24. The standard InChI is InChI=1S/C29H22F3N3O2/c30-29(31,32)23-14-12-21(13-15-23)18-34-26-11-5-4-10-25(26)27(37-19-22-7-2-1-3-8-22)28(34)35(20-36)24-9-6-16-33-17-24/h1-17,20H,18-19H2. The van der Waals surface area contributed by atoms with Crippen molar-refractivity contribution in [2.45, 2.75) is 19.3 Å². The van der Waals surface area contributed by atoms with E-state index in [2.05, 4.69) is 4.98 Å². The number of carbonyl (C=O) groups is 1. The van der Waals surface area contributed by atoms with E-state index in [4.69, 9.17) is 4.74 Å². The van der Waals surface area contributed by atoms with Crippen LogP contribution in [0.3, 0.4) is 0 Å². The molecule has 0 spiro atoms. The number of benzene rings is 3. The lowest BCUT2D eigenvalue weighted by Crippen LogP contribution is -2.19. The summed E-state index contributed by atoms with van der Waals surface area (Å²) in [5, 5.41) is 0.774. The van der Waals surface area contributed by atoms with Gasteiger partial charge < -0.3 is 9.30 Å². The van der Waals surface area contributed by atoms with Crippen LogP contribution in [0, 0.1) is 0 Å². The average Bonchev–Trinajstić information content (AvgIpc) is 3.22. The summed E-state index contributed by atoms with van der Waals surface area (Å²) >= 11 is 0. The molecule has 8 heteroatoms. The second kappa shape index (κ2) is 10.2. The number of amides is 1. The lowest BCUT2D eigenvalue weighted by Gasteiger charge is -2.22. The number of fused-ring (bicyclic) bond motifs is 1. The number of rotatable bonds is 8. The van der Waals surface area contributed by atoms with Crippen LogP contribution < -0.4 is 9.64 Å². The minimum absolute atomic E-state index is 0.216. The van der Waals surface area contributed by atoms with Crippen LogP contribution in [-0.2, 0) is 24.1 Å². The van der Waals surface area contributed by atoms with Gasteiger partial charge in [-0.3, -0.25) is 14.7 Å². The van der Waals surface area contributed by atoms with Crippen LogP contribution in [0.15, 0.2) is 103 Å². The summed E-state index contributed by atoms with van der Waals surface area (Å²) in [6, 6.07) is 25.7. The second-order valence-corrected chi connectivity index (χ2v) is 8.41. The number of ether oxygens (including phenoxy) is 1. The highest BCUT2D eigenvalue weighted by molar-refractivity contribution is 5.99. The molecule has 186 valence electrons. The zero-order valence-electron chi connectivity index (χ0n) is 19.6. The number of anilines is 2. The first-order chi connectivity index (χ1) is 18.0. The maximum atomic E-state index is 13.1. The maximum absolute atomic E-state index is 13.1. The first-order valence-corrected chi connectivity index (χ1v) is 11.5. The van der Waals surface area contributed by atoms with E-state index in [1.54, 1.807) is 24.5 Å². The molecule has 5 nitrogen and oxygen atoms in total. The molecule has 0 aliphatic carbocycles. The van der Waals surface area contributed by atoms with Gasteiger partial charge in [0.05, 0.1) is 23.0 Å². The van der Waals surface area contributed by atoms with Crippen molar-refractivity contribution in [1.29, 1.82) is 0 Å². The van der Waals surface area contributed by atoms with Gasteiger partial charge in [-0.2, -0.15) is 13.2 Å². The van der Waals surface area contributed by atoms with Gasteiger partial charge in [-0.1, -0.05) is 54.6 Å². The van der Waals surface area contributed by atoms with Crippen LogP contribution in [0.2, 0.25) is 0 Å². The Bertz CT molecular complexity index is 1500.